The molecule has 2 aromatic rings. The molecule has 1 aliphatic heterocycles. The molecular weight excluding hydrogens is 298 g/mol. The molecule has 0 radical (unpaired) electrons. The third kappa shape index (κ3) is 2.56. The van der Waals surface area contributed by atoms with E-state index < -0.39 is 0 Å². The Bertz CT molecular complexity index is 769. The van der Waals surface area contributed by atoms with Gasteiger partial charge in [0.15, 0.2) is 5.96 Å². The normalized spacial score (nSPS) is 19.4. The summed E-state index contributed by atoms with van der Waals surface area (Å²) in [5.74, 6) is 1.97. The fourth-order valence-corrected chi connectivity index (χ4v) is 3.28. The molecule has 1 saturated heterocycles. The van der Waals surface area contributed by atoms with Crippen molar-refractivity contribution in [2.45, 2.75) is 46.7 Å². The van der Waals surface area contributed by atoms with E-state index in [-0.39, 0.29) is 5.54 Å². The average Bonchev–Trinajstić information content (AvgIpc) is 2.86. The number of nitrogens with one attached hydrogen (secondary N) is 1. The molecule has 1 aromatic carbocycles. The maximum Gasteiger partial charge on any atom is 0.194 e. The number of aromatic nitrogens is 2. The number of aliphatic imine (C=N–C) groups is 1. The van der Waals surface area contributed by atoms with Crippen molar-refractivity contribution >= 4 is 17.0 Å². The summed E-state index contributed by atoms with van der Waals surface area (Å²) in [5.41, 5.74) is 2.57. The molecule has 0 spiro atoms. The number of aryl methyl sites for hydroxylation is 1. The summed E-state index contributed by atoms with van der Waals surface area (Å²) in [6, 6.07) is 8.22. The molecule has 0 aliphatic carbocycles. The average molecular weight is 327 g/mol. The molecule has 3 rings (SSSR count). The number of imidazole rings is 1. The van der Waals surface area contributed by atoms with Crippen molar-refractivity contribution in [3.8, 4) is 0 Å². The molecule has 5 nitrogen and oxygen atoms in total. The highest BCUT2D eigenvalue weighted by Gasteiger charge is 2.53. The molecule has 2 heterocycles. The van der Waals surface area contributed by atoms with Gasteiger partial charge in [0.2, 0.25) is 0 Å². The van der Waals surface area contributed by atoms with Crippen LogP contribution in [0.4, 0.5) is 0 Å². The Morgan fingerprint density at radius 1 is 1.25 bits per heavy atom. The number of benzene rings is 1. The lowest BCUT2D eigenvalue weighted by Gasteiger charge is -2.62. The lowest BCUT2D eigenvalue weighted by atomic mass is 9.65. The van der Waals surface area contributed by atoms with Gasteiger partial charge in [0.1, 0.15) is 12.4 Å². The van der Waals surface area contributed by atoms with E-state index in [0.717, 1.165) is 35.9 Å². The highest BCUT2D eigenvalue weighted by Crippen LogP contribution is 2.46. The Kier molecular flexibility index (Phi) is 4.06. The van der Waals surface area contributed by atoms with Crippen molar-refractivity contribution in [2.24, 2.45) is 17.5 Å². The van der Waals surface area contributed by atoms with Crippen LogP contribution in [0.3, 0.4) is 0 Å². The molecule has 0 bridgehead atoms. The Hall–Kier alpha value is -2.04. The second-order valence-corrected chi connectivity index (χ2v) is 7.77. The van der Waals surface area contributed by atoms with Crippen LogP contribution in [0.25, 0.3) is 11.0 Å². The number of fused-ring (bicyclic) bond motifs is 1. The number of nitrogens with zero attached hydrogens (tertiary/aromatic N) is 4. The third-order valence-electron chi connectivity index (χ3n) is 5.72. The summed E-state index contributed by atoms with van der Waals surface area (Å²) in [5, 5.41) is 3.44. The Morgan fingerprint density at radius 2 is 1.96 bits per heavy atom. The number of guanidine groups is 1. The number of para-hydroxylation sites is 2. The molecule has 1 aliphatic rings. The first kappa shape index (κ1) is 16.8. The van der Waals surface area contributed by atoms with Crippen molar-refractivity contribution in [2.75, 3.05) is 13.1 Å². The van der Waals surface area contributed by atoms with Crippen LogP contribution in [-0.2, 0) is 13.6 Å². The predicted octanol–water partition coefficient (Wildman–Crippen LogP) is 3.16. The highest BCUT2D eigenvalue weighted by atomic mass is 15.4. The molecule has 0 unspecified atom stereocenters. The summed E-state index contributed by atoms with van der Waals surface area (Å²) in [6.07, 6.45) is 0. The monoisotopic (exact) mass is 327 g/mol. The molecular formula is C19H29N5. The number of rotatable bonds is 3. The molecule has 130 valence electrons. The van der Waals surface area contributed by atoms with Crippen LogP contribution in [0.5, 0.6) is 0 Å². The Morgan fingerprint density at radius 3 is 2.54 bits per heavy atom. The van der Waals surface area contributed by atoms with E-state index in [1.54, 1.807) is 0 Å². The molecule has 1 N–H and O–H groups in total. The topological polar surface area (TPSA) is 45.5 Å². The van der Waals surface area contributed by atoms with Crippen LogP contribution in [0, 0.1) is 5.41 Å². The van der Waals surface area contributed by atoms with Crippen LogP contribution in [-0.4, -0.2) is 39.0 Å². The Labute approximate surface area is 144 Å². The first-order valence-electron chi connectivity index (χ1n) is 8.74. The van der Waals surface area contributed by atoms with E-state index in [1.165, 1.54) is 0 Å². The summed E-state index contributed by atoms with van der Waals surface area (Å²) < 4.78 is 2.13. The first-order valence-corrected chi connectivity index (χ1v) is 8.74. The fourth-order valence-electron chi connectivity index (χ4n) is 3.28. The number of likely N-dealkylation sites (tertiary alicyclic amines) is 1. The van der Waals surface area contributed by atoms with Crippen LogP contribution in [0.1, 0.15) is 40.4 Å². The van der Waals surface area contributed by atoms with Gasteiger partial charge in [-0.25, -0.2) is 9.98 Å². The second kappa shape index (κ2) is 5.80. The minimum atomic E-state index is 0.0976. The van der Waals surface area contributed by atoms with Gasteiger partial charge < -0.3 is 14.8 Å². The zero-order valence-electron chi connectivity index (χ0n) is 15.7. The molecule has 0 atom stereocenters. The zero-order chi connectivity index (χ0) is 17.5. The summed E-state index contributed by atoms with van der Waals surface area (Å²) >= 11 is 0. The van der Waals surface area contributed by atoms with Gasteiger partial charge in [-0.3, -0.25) is 0 Å². The van der Waals surface area contributed by atoms with Crippen LogP contribution >= 0.6 is 0 Å². The minimum Gasteiger partial charge on any atom is -0.356 e. The van der Waals surface area contributed by atoms with Gasteiger partial charge >= 0.3 is 0 Å². The molecule has 1 fully saturated rings. The van der Waals surface area contributed by atoms with Gasteiger partial charge in [0.05, 0.1) is 11.0 Å². The smallest absolute Gasteiger partial charge is 0.194 e. The molecule has 1 aromatic heterocycles. The number of hydrogen-bond acceptors (Lipinski definition) is 2. The highest BCUT2D eigenvalue weighted by molar-refractivity contribution is 5.82. The molecule has 24 heavy (non-hydrogen) atoms. The van der Waals surface area contributed by atoms with Crippen molar-refractivity contribution in [1.29, 1.82) is 0 Å². The van der Waals surface area contributed by atoms with Crippen molar-refractivity contribution in [1.82, 2.24) is 19.8 Å². The lowest BCUT2D eigenvalue weighted by Crippen LogP contribution is -2.72. The summed E-state index contributed by atoms with van der Waals surface area (Å²) in [6.45, 7) is 13.8. The standard InChI is InChI=1S/C19H29N5/c1-7-20-17(24-13-18(2,3)19(24,4)5)21-12-16-22-14-10-8-9-11-15(14)23(16)6/h8-11H,7,12-13H2,1-6H3,(H,20,21). The largest absolute Gasteiger partial charge is 0.356 e. The maximum absolute atomic E-state index is 4.87. The third-order valence-corrected chi connectivity index (χ3v) is 5.72. The zero-order valence-corrected chi connectivity index (χ0v) is 15.7. The van der Waals surface area contributed by atoms with Gasteiger partial charge in [-0.1, -0.05) is 26.0 Å². The predicted molar refractivity (Wildman–Crippen MR) is 100 cm³/mol. The van der Waals surface area contributed by atoms with E-state index in [9.17, 15) is 0 Å². The van der Waals surface area contributed by atoms with E-state index in [4.69, 9.17) is 9.98 Å². The van der Waals surface area contributed by atoms with E-state index in [2.05, 4.69) is 68.6 Å². The molecule has 5 heteroatoms. The van der Waals surface area contributed by atoms with Crippen molar-refractivity contribution in [3.05, 3.63) is 30.1 Å². The van der Waals surface area contributed by atoms with Crippen LogP contribution in [0.2, 0.25) is 0 Å². The van der Waals surface area contributed by atoms with Crippen molar-refractivity contribution < 1.29 is 0 Å². The van der Waals surface area contributed by atoms with Gasteiger partial charge in [0.25, 0.3) is 0 Å². The summed E-state index contributed by atoms with van der Waals surface area (Å²) in [4.78, 5) is 12.0. The number of hydrogen-bond donors (Lipinski definition) is 1. The van der Waals surface area contributed by atoms with Gasteiger partial charge in [-0.15, -0.1) is 0 Å². The van der Waals surface area contributed by atoms with E-state index >= 15 is 0 Å². The Balaban J connectivity index is 1.85. The summed E-state index contributed by atoms with van der Waals surface area (Å²) in [7, 11) is 2.06. The molecule has 0 amide bonds. The van der Waals surface area contributed by atoms with Crippen molar-refractivity contribution in [3.63, 3.8) is 0 Å². The molecule has 0 saturated carbocycles. The van der Waals surface area contributed by atoms with Crippen LogP contribution in [0.15, 0.2) is 29.3 Å². The van der Waals surface area contributed by atoms with Gasteiger partial charge in [0, 0.05) is 31.1 Å². The quantitative estimate of drug-likeness (QED) is 0.696. The van der Waals surface area contributed by atoms with Gasteiger partial charge in [-0.05, 0) is 32.9 Å². The van der Waals surface area contributed by atoms with E-state index in [1.807, 2.05) is 12.1 Å². The van der Waals surface area contributed by atoms with Crippen LogP contribution < -0.4 is 5.32 Å². The maximum atomic E-state index is 4.87. The lowest BCUT2D eigenvalue weighted by molar-refractivity contribution is -0.0668. The SMILES string of the molecule is CCNC(=NCc1nc2ccccc2n1C)N1CC(C)(C)C1(C)C. The minimum absolute atomic E-state index is 0.0976. The van der Waals surface area contributed by atoms with Gasteiger partial charge in [-0.2, -0.15) is 0 Å². The first-order chi connectivity index (χ1) is 11.3. The van der Waals surface area contributed by atoms with E-state index in [0.29, 0.717) is 12.0 Å². The second-order valence-electron chi connectivity index (χ2n) is 7.77. The fraction of sp³-hybridized carbons (Fsp3) is 0.579.